The van der Waals surface area contributed by atoms with Crippen LogP contribution in [0.5, 0.6) is 0 Å². The molecule has 1 aliphatic carbocycles. The first-order valence-electron chi connectivity index (χ1n) is 17.2. The van der Waals surface area contributed by atoms with E-state index in [4.69, 9.17) is 15.0 Å². The van der Waals surface area contributed by atoms with Crippen LogP contribution < -0.4 is 0 Å². The first-order chi connectivity index (χ1) is 25.0. The van der Waals surface area contributed by atoms with Crippen LogP contribution in [0.3, 0.4) is 0 Å². The summed E-state index contributed by atoms with van der Waals surface area (Å²) in [5, 5.41) is 11.7. The van der Waals surface area contributed by atoms with E-state index in [0.717, 1.165) is 38.6 Å². The van der Waals surface area contributed by atoms with Crippen molar-refractivity contribution in [3.8, 4) is 73.6 Å². The average Bonchev–Trinajstić information content (AvgIpc) is 3.42. The predicted octanol–water partition coefficient (Wildman–Crippen LogP) is 11.5. The van der Waals surface area contributed by atoms with Gasteiger partial charge in [-0.3, -0.25) is 0 Å². The van der Waals surface area contributed by atoms with E-state index in [2.05, 4.69) is 105 Å². The van der Waals surface area contributed by atoms with Crippen molar-refractivity contribution < 1.29 is 0 Å². The summed E-state index contributed by atoms with van der Waals surface area (Å²) in [6.07, 6.45) is 0. The van der Waals surface area contributed by atoms with Gasteiger partial charge in [-0.25, -0.2) is 15.0 Å². The van der Waals surface area contributed by atoms with Gasteiger partial charge in [-0.15, -0.1) is 0 Å². The summed E-state index contributed by atoms with van der Waals surface area (Å²) >= 11 is 0. The molecule has 1 aromatic heterocycles. The van der Waals surface area contributed by atoms with Gasteiger partial charge in [0.25, 0.3) is 0 Å². The molecule has 9 rings (SSSR count). The topological polar surface area (TPSA) is 62.5 Å². The van der Waals surface area contributed by atoms with E-state index in [9.17, 15) is 5.26 Å². The Kier molecular flexibility index (Phi) is 7.15. The molecule has 0 spiro atoms. The third-order valence-electron chi connectivity index (χ3n) is 10.2. The van der Waals surface area contributed by atoms with Gasteiger partial charge < -0.3 is 0 Å². The highest BCUT2D eigenvalue weighted by atomic mass is 15.0. The summed E-state index contributed by atoms with van der Waals surface area (Å²) < 4.78 is 0. The van der Waals surface area contributed by atoms with Crippen LogP contribution in [0.2, 0.25) is 0 Å². The SMILES string of the molecule is CC1(C)c2cc(C#N)ccc2-c2ccc(-c3ccc(-c4cccc5c(-c6nc(-c7ccccc7)nc(-c7ccccc7)n6)cccc45)cc3)cc21. The minimum absolute atomic E-state index is 0.184. The smallest absolute Gasteiger partial charge is 0.164 e. The van der Waals surface area contributed by atoms with Crippen molar-refractivity contribution >= 4 is 10.8 Å². The molecule has 0 fully saturated rings. The van der Waals surface area contributed by atoms with Crippen molar-refractivity contribution in [2.45, 2.75) is 19.3 Å². The molecule has 7 aromatic carbocycles. The van der Waals surface area contributed by atoms with Crippen molar-refractivity contribution in [1.29, 1.82) is 5.26 Å². The fourth-order valence-electron chi connectivity index (χ4n) is 7.51. The Morgan fingerprint density at radius 3 is 1.55 bits per heavy atom. The third-order valence-corrected chi connectivity index (χ3v) is 10.2. The van der Waals surface area contributed by atoms with Gasteiger partial charge in [0.1, 0.15) is 0 Å². The summed E-state index contributed by atoms with van der Waals surface area (Å²) in [6, 6.07) is 57.0. The number of rotatable bonds is 5. The lowest BCUT2D eigenvalue weighted by Crippen LogP contribution is -2.15. The van der Waals surface area contributed by atoms with Gasteiger partial charge in [0.05, 0.1) is 11.6 Å². The monoisotopic (exact) mass is 652 g/mol. The fraction of sp³-hybridized carbons (Fsp3) is 0.0638. The molecule has 0 amide bonds. The van der Waals surface area contributed by atoms with Gasteiger partial charge in [-0.1, -0.05) is 153 Å². The first-order valence-corrected chi connectivity index (χ1v) is 17.2. The normalized spacial score (nSPS) is 12.6. The molecule has 8 aromatic rings. The first kappa shape index (κ1) is 30.4. The van der Waals surface area contributed by atoms with E-state index < -0.39 is 0 Å². The third kappa shape index (κ3) is 5.19. The second kappa shape index (κ2) is 12.0. The minimum Gasteiger partial charge on any atom is -0.208 e. The number of benzene rings is 7. The molecule has 51 heavy (non-hydrogen) atoms. The molecule has 0 unspecified atom stereocenters. The van der Waals surface area contributed by atoms with Crippen LogP contribution in [0.25, 0.3) is 78.3 Å². The van der Waals surface area contributed by atoms with E-state index >= 15 is 0 Å². The molecule has 4 nitrogen and oxygen atoms in total. The summed E-state index contributed by atoms with van der Waals surface area (Å²) in [4.78, 5) is 14.9. The van der Waals surface area contributed by atoms with E-state index in [1.165, 1.54) is 33.4 Å². The lowest BCUT2D eigenvalue weighted by atomic mass is 9.81. The number of nitriles is 1. The van der Waals surface area contributed by atoms with Crippen LogP contribution >= 0.6 is 0 Å². The van der Waals surface area contributed by atoms with Crippen LogP contribution in [0, 0.1) is 11.3 Å². The Morgan fingerprint density at radius 2 is 0.922 bits per heavy atom. The molecule has 1 heterocycles. The predicted molar refractivity (Wildman–Crippen MR) is 207 cm³/mol. The maximum Gasteiger partial charge on any atom is 0.164 e. The van der Waals surface area contributed by atoms with Crippen molar-refractivity contribution in [2.75, 3.05) is 0 Å². The van der Waals surface area contributed by atoms with Crippen molar-refractivity contribution in [3.63, 3.8) is 0 Å². The molecule has 0 N–H and O–H groups in total. The Morgan fingerprint density at radius 1 is 0.412 bits per heavy atom. The number of hydrogen-bond acceptors (Lipinski definition) is 4. The average molecular weight is 653 g/mol. The largest absolute Gasteiger partial charge is 0.208 e. The van der Waals surface area contributed by atoms with E-state index in [1.807, 2.05) is 72.8 Å². The number of fused-ring (bicyclic) bond motifs is 4. The number of aromatic nitrogens is 3. The fourth-order valence-corrected chi connectivity index (χ4v) is 7.51. The van der Waals surface area contributed by atoms with Gasteiger partial charge in [0, 0.05) is 22.1 Å². The lowest BCUT2D eigenvalue weighted by Gasteiger charge is -2.22. The Balaban J connectivity index is 1.10. The van der Waals surface area contributed by atoms with Gasteiger partial charge in [-0.2, -0.15) is 5.26 Å². The Hall–Kier alpha value is -6.70. The second-order valence-corrected chi connectivity index (χ2v) is 13.6. The van der Waals surface area contributed by atoms with Crippen LogP contribution in [0.4, 0.5) is 0 Å². The van der Waals surface area contributed by atoms with Gasteiger partial charge in [0.2, 0.25) is 0 Å². The molecule has 240 valence electrons. The molecule has 0 aliphatic heterocycles. The molecule has 0 atom stereocenters. The summed E-state index contributed by atoms with van der Waals surface area (Å²) in [6.45, 7) is 4.50. The number of hydrogen-bond donors (Lipinski definition) is 0. The highest BCUT2D eigenvalue weighted by Gasteiger charge is 2.35. The van der Waals surface area contributed by atoms with Gasteiger partial charge >= 0.3 is 0 Å². The zero-order valence-electron chi connectivity index (χ0n) is 28.3. The molecule has 0 saturated carbocycles. The Labute approximate surface area is 297 Å². The van der Waals surface area contributed by atoms with Gasteiger partial charge in [-0.05, 0) is 73.5 Å². The highest BCUT2D eigenvalue weighted by molar-refractivity contribution is 6.04. The van der Waals surface area contributed by atoms with Crippen molar-refractivity contribution in [3.05, 3.63) is 174 Å². The molecular formula is C47H32N4. The van der Waals surface area contributed by atoms with Crippen molar-refractivity contribution in [1.82, 2.24) is 15.0 Å². The molecule has 1 aliphatic rings. The zero-order valence-corrected chi connectivity index (χ0v) is 28.3. The summed E-state index contributed by atoms with van der Waals surface area (Å²) in [7, 11) is 0. The number of nitrogens with zero attached hydrogens (tertiary/aromatic N) is 4. The Bertz CT molecular complexity index is 2600. The minimum atomic E-state index is -0.184. The van der Waals surface area contributed by atoms with Crippen LogP contribution in [0.15, 0.2) is 158 Å². The summed E-state index contributed by atoms with van der Waals surface area (Å²) in [5.74, 6) is 1.94. The van der Waals surface area contributed by atoms with Crippen molar-refractivity contribution in [2.24, 2.45) is 0 Å². The van der Waals surface area contributed by atoms with E-state index in [0.29, 0.717) is 23.0 Å². The maximum absolute atomic E-state index is 9.52. The van der Waals surface area contributed by atoms with Crippen LogP contribution in [-0.2, 0) is 5.41 Å². The molecule has 0 saturated heterocycles. The van der Waals surface area contributed by atoms with E-state index in [1.54, 1.807) is 0 Å². The van der Waals surface area contributed by atoms with Crippen LogP contribution in [-0.4, -0.2) is 15.0 Å². The van der Waals surface area contributed by atoms with E-state index in [-0.39, 0.29) is 5.41 Å². The molecule has 0 bridgehead atoms. The maximum atomic E-state index is 9.52. The second-order valence-electron chi connectivity index (χ2n) is 13.6. The van der Waals surface area contributed by atoms with Gasteiger partial charge in [0.15, 0.2) is 17.5 Å². The quantitative estimate of drug-likeness (QED) is 0.186. The zero-order chi connectivity index (χ0) is 34.5. The molecular weight excluding hydrogens is 621 g/mol. The molecule has 0 radical (unpaired) electrons. The standard InChI is InChI=1S/C47H32N4/c1-47(2)42-27-30(29-48)19-25-39(42)40-26-24-35(28-43(40)47)31-20-22-32(23-21-31)36-15-9-17-38-37(36)16-10-18-41(38)46-50-44(33-11-5-3-6-12-33)49-45(51-46)34-13-7-4-8-14-34/h3-28H,1-2H3. The molecule has 4 heteroatoms. The van der Waals surface area contributed by atoms with Crippen LogP contribution in [0.1, 0.15) is 30.5 Å². The highest BCUT2D eigenvalue weighted by Crippen LogP contribution is 2.50. The lowest BCUT2D eigenvalue weighted by molar-refractivity contribution is 0.660. The summed E-state index contributed by atoms with van der Waals surface area (Å²) in [5.41, 5.74) is 13.0.